The molecule has 24 heavy (non-hydrogen) atoms. The fraction of sp³-hybridized carbons (Fsp3) is 0.667. The summed E-state index contributed by atoms with van der Waals surface area (Å²) in [6.45, 7) is 5.54. The zero-order valence-electron chi connectivity index (χ0n) is 15.3. The summed E-state index contributed by atoms with van der Waals surface area (Å²) in [6, 6.07) is 11.1. The van der Waals surface area contributed by atoms with Crippen LogP contribution in [-0.4, -0.2) is 18.6 Å². The molecule has 0 aromatic heterocycles. The summed E-state index contributed by atoms with van der Waals surface area (Å²) < 4.78 is 5.18. The minimum atomic E-state index is -0.0216. The number of ether oxygens (including phenoxy) is 1. The summed E-state index contributed by atoms with van der Waals surface area (Å²) in [5.74, 6) is 1.06. The Morgan fingerprint density at radius 1 is 1.17 bits per heavy atom. The molecule has 1 N–H and O–H groups in total. The molecule has 0 saturated heterocycles. The highest BCUT2D eigenvalue weighted by Crippen LogP contribution is 2.38. The van der Waals surface area contributed by atoms with E-state index in [-0.39, 0.29) is 5.97 Å². The Balaban J connectivity index is 1.91. The monoisotopic (exact) mass is 331 g/mol. The fourth-order valence-corrected chi connectivity index (χ4v) is 4.00. The molecule has 0 unspecified atom stereocenters. The van der Waals surface area contributed by atoms with Crippen molar-refractivity contribution < 1.29 is 9.53 Å². The van der Waals surface area contributed by atoms with Crippen LogP contribution < -0.4 is 5.32 Å². The van der Waals surface area contributed by atoms with Crippen LogP contribution in [0.2, 0.25) is 0 Å². The van der Waals surface area contributed by atoms with E-state index in [0.717, 1.165) is 13.0 Å². The molecule has 1 saturated carbocycles. The van der Waals surface area contributed by atoms with Gasteiger partial charge in [0.05, 0.1) is 6.61 Å². The molecule has 1 aliphatic rings. The normalized spacial score (nSPS) is 23.3. The summed E-state index contributed by atoms with van der Waals surface area (Å²) in [5, 5.41) is 3.76. The van der Waals surface area contributed by atoms with E-state index < -0.39 is 0 Å². The van der Waals surface area contributed by atoms with Crippen molar-refractivity contribution in [3.63, 3.8) is 0 Å². The molecule has 3 nitrogen and oxygen atoms in total. The summed E-state index contributed by atoms with van der Waals surface area (Å²) in [6.07, 6.45) is 7.93. The molecule has 134 valence electrons. The molecule has 3 atom stereocenters. The second-order valence-corrected chi connectivity index (χ2v) is 6.98. The lowest BCUT2D eigenvalue weighted by atomic mass is 9.86. The van der Waals surface area contributed by atoms with Gasteiger partial charge in [-0.15, -0.1) is 0 Å². The first-order chi connectivity index (χ1) is 11.7. The van der Waals surface area contributed by atoms with Gasteiger partial charge in [0.2, 0.25) is 0 Å². The lowest BCUT2D eigenvalue weighted by Crippen LogP contribution is -2.34. The van der Waals surface area contributed by atoms with Crippen molar-refractivity contribution in [2.75, 3.05) is 6.61 Å². The number of hydrogen-bond acceptors (Lipinski definition) is 3. The predicted molar refractivity (Wildman–Crippen MR) is 98.7 cm³/mol. The van der Waals surface area contributed by atoms with Gasteiger partial charge in [-0.25, -0.2) is 0 Å². The molecule has 0 spiro atoms. The molecular weight excluding hydrogens is 298 g/mol. The van der Waals surface area contributed by atoms with Crippen molar-refractivity contribution in [3.05, 3.63) is 35.9 Å². The van der Waals surface area contributed by atoms with Crippen LogP contribution in [0.1, 0.15) is 64.4 Å². The van der Waals surface area contributed by atoms with Crippen molar-refractivity contribution in [3.8, 4) is 0 Å². The van der Waals surface area contributed by atoms with Crippen molar-refractivity contribution in [1.29, 1.82) is 0 Å². The maximum atomic E-state index is 11.9. The molecule has 0 bridgehead atoms. The molecule has 1 aromatic carbocycles. The van der Waals surface area contributed by atoms with Crippen LogP contribution in [0.3, 0.4) is 0 Å². The number of carbonyl (C=O) groups is 1. The average Bonchev–Trinajstić information content (AvgIpc) is 2.96. The first kappa shape index (κ1) is 19.0. The number of rotatable bonds is 10. The highest BCUT2D eigenvalue weighted by atomic mass is 16.5. The standard InChI is InChI=1S/C21H33NO2/c1-3-5-7-12-19-18(15-21(23)24-4-2)13-14-20(19)22-16-17-10-8-6-9-11-17/h6,8-11,18-20,22H,3-5,7,12-16H2,1-2H3/t18-,19-,20-/m1/s1. The van der Waals surface area contributed by atoms with E-state index in [1.165, 1.54) is 37.7 Å². The van der Waals surface area contributed by atoms with E-state index >= 15 is 0 Å². The van der Waals surface area contributed by atoms with E-state index in [0.29, 0.717) is 30.9 Å². The van der Waals surface area contributed by atoms with E-state index in [1.54, 1.807) is 0 Å². The van der Waals surface area contributed by atoms with Gasteiger partial charge in [0.1, 0.15) is 0 Å². The smallest absolute Gasteiger partial charge is 0.306 e. The van der Waals surface area contributed by atoms with Gasteiger partial charge in [0, 0.05) is 19.0 Å². The summed E-state index contributed by atoms with van der Waals surface area (Å²) in [7, 11) is 0. The number of unbranched alkanes of at least 4 members (excludes halogenated alkanes) is 2. The van der Waals surface area contributed by atoms with E-state index in [1.807, 2.05) is 6.92 Å². The third-order valence-corrected chi connectivity index (χ3v) is 5.26. The Bertz CT molecular complexity index is 474. The number of carbonyl (C=O) groups excluding carboxylic acids is 1. The average molecular weight is 332 g/mol. The Kier molecular flexibility index (Phi) is 8.31. The fourth-order valence-electron chi connectivity index (χ4n) is 4.00. The molecule has 2 rings (SSSR count). The maximum absolute atomic E-state index is 11.9. The third kappa shape index (κ3) is 5.94. The highest BCUT2D eigenvalue weighted by molar-refractivity contribution is 5.69. The number of nitrogens with one attached hydrogen (secondary N) is 1. The minimum absolute atomic E-state index is 0.0216. The SMILES string of the molecule is CCCCC[C@@H]1[C@@H](CC(=O)OCC)CC[C@H]1NCc1ccccc1. The van der Waals surface area contributed by atoms with Crippen molar-refractivity contribution in [1.82, 2.24) is 5.32 Å². The number of esters is 1. The van der Waals surface area contributed by atoms with Crippen molar-refractivity contribution in [2.45, 2.75) is 71.4 Å². The zero-order chi connectivity index (χ0) is 17.2. The second-order valence-electron chi connectivity index (χ2n) is 6.98. The molecule has 0 radical (unpaired) electrons. The summed E-state index contributed by atoms with van der Waals surface area (Å²) in [4.78, 5) is 11.9. The molecule has 0 heterocycles. The van der Waals surface area contributed by atoms with Gasteiger partial charge in [0.25, 0.3) is 0 Å². The largest absolute Gasteiger partial charge is 0.466 e. The number of hydrogen-bond donors (Lipinski definition) is 1. The van der Waals surface area contributed by atoms with Gasteiger partial charge in [0.15, 0.2) is 0 Å². The zero-order valence-corrected chi connectivity index (χ0v) is 15.3. The van der Waals surface area contributed by atoms with E-state index in [4.69, 9.17) is 4.74 Å². The Morgan fingerprint density at radius 3 is 2.67 bits per heavy atom. The van der Waals surface area contributed by atoms with Gasteiger partial charge >= 0.3 is 5.97 Å². The summed E-state index contributed by atoms with van der Waals surface area (Å²) in [5.41, 5.74) is 1.33. The van der Waals surface area contributed by atoms with Crippen molar-refractivity contribution in [2.24, 2.45) is 11.8 Å². The molecule has 3 heteroatoms. The second kappa shape index (κ2) is 10.5. The molecule has 0 amide bonds. The van der Waals surface area contributed by atoms with Gasteiger partial charge in [-0.3, -0.25) is 4.79 Å². The van der Waals surface area contributed by atoms with Crippen LogP contribution in [0, 0.1) is 11.8 Å². The summed E-state index contributed by atoms with van der Waals surface area (Å²) >= 11 is 0. The van der Waals surface area contributed by atoms with Gasteiger partial charge in [-0.2, -0.15) is 0 Å². The van der Waals surface area contributed by atoms with Crippen molar-refractivity contribution >= 4 is 5.97 Å². The van der Waals surface area contributed by atoms with Gasteiger partial charge < -0.3 is 10.1 Å². The lowest BCUT2D eigenvalue weighted by molar-refractivity contribution is -0.144. The van der Waals surface area contributed by atoms with Crippen LogP contribution in [0.5, 0.6) is 0 Å². The van der Waals surface area contributed by atoms with E-state index in [2.05, 4.69) is 42.6 Å². The molecule has 0 aliphatic heterocycles. The first-order valence-corrected chi connectivity index (χ1v) is 9.67. The van der Waals surface area contributed by atoms with Crippen LogP contribution >= 0.6 is 0 Å². The Labute approximate surface area is 147 Å². The topological polar surface area (TPSA) is 38.3 Å². The third-order valence-electron chi connectivity index (χ3n) is 5.26. The van der Waals surface area contributed by atoms with Crippen LogP contribution in [0.15, 0.2) is 30.3 Å². The maximum Gasteiger partial charge on any atom is 0.306 e. The van der Waals surface area contributed by atoms with Gasteiger partial charge in [-0.1, -0.05) is 56.5 Å². The minimum Gasteiger partial charge on any atom is -0.466 e. The van der Waals surface area contributed by atoms with E-state index in [9.17, 15) is 4.79 Å². The predicted octanol–water partition coefficient (Wildman–Crippen LogP) is 4.70. The van der Waals surface area contributed by atoms with Crippen LogP contribution in [0.4, 0.5) is 0 Å². The molecule has 1 aromatic rings. The first-order valence-electron chi connectivity index (χ1n) is 9.67. The quantitative estimate of drug-likeness (QED) is 0.499. The molecular formula is C21H33NO2. The Hall–Kier alpha value is -1.35. The van der Waals surface area contributed by atoms with Gasteiger partial charge in [-0.05, 0) is 43.6 Å². The Morgan fingerprint density at radius 2 is 1.96 bits per heavy atom. The highest BCUT2D eigenvalue weighted by Gasteiger charge is 2.36. The number of benzene rings is 1. The van der Waals surface area contributed by atoms with Crippen LogP contribution in [0.25, 0.3) is 0 Å². The van der Waals surface area contributed by atoms with Crippen LogP contribution in [-0.2, 0) is 16.1 Å². The lowest BCUT2D eigenvalue weighted by Gasteiger charge is -2.25. The molecule has 1 aliphatic carbocycles. The molecule has 1 fully saturated rings.